The maximum Gasteiger partial charge on any atom is 0.242 e. The third-order valence-electron chi connectivity index (χ3n) is 3.15. The van der Waals surface area contributed by atoms with Gasteiger partial charge in [0, 0.05) is 39.1 Å². The molecule has 1 rings (SSSR count). The Morgan fingerprint density at radius 1 is 1.28 bits per heavy atom. The molecule has 0 aliphatic carbocycles. The fourth-order valence-electron chi connectivity index (χ4n) is 2.02. The van der Waals surface area contributed by atoms with Crippen molar-refractivity contribution < 1.29 is 9.59 Å². The Morgan fingerprint density at radius 2 is 1.89 bits per heavy atom. The molecule has 104 valence electrons. The van der Waals surface area contributed by atoms with E-state index in [-0.39, 0.29) is 18.4 Å². The number of likely N-dealkylation sites (tertiary alicyclic amines) is 1. The fraction of sp³-hybridized carbons (Fsp3) is 0.846. The number of nitrogens with zero attached hydrogens (tertiary/aromatic N) is 2. The molecule has 0 radical (unpaired) electrons. The minimum atomic E-state index is 0.0238. The van der Waals surface area contributed by atoms with Crippen molar-refractivity contribution in [1.82, 2.24) is 15.1 Å². The minimum Gasteiger partial charge on any atom is -0.341 e. The average molecular weight is 255 g/mol. The van der Waals surface area contributed by atoms with Crippen molar-refractivity contribution in [2.75, 3.05) is 33.2 Å². The van der Waals surface area contributed by atoms with E-state index >= 15 is 0 Å². The number of hydrogen-bond donors (Lipinski definition) is 1. The number of likely N-dealkylation sites (N-methyl/N-ethyl adjacent to an activating group) is 1. The van der Waals surface area contributed by atoms with Crippen molar-refractivity contribution in [2.45, 2.75) is 39.2 Å². The number of hydrogen-bond acceptors (Lipinski definition) is 3. The zero-order valence-electron chi connectivity index (χ0n) is 11.7. The summed E-state index contributed by atoms with van der Waals surface area (Å²) in [6.07, 6.45) is 2.62. The van der Waals surface area contributed by atoms with Crippen molar-refractivity contribution in [3.63, 3.8) is 0 Å². The zero-order valence-corrected chi connectivity index (χ0v) is 11.7. The Hall–Kier alpha value is -1.10. The van der Waals surface area contributed by atoms with Crippen LogP contribution in [-0.2, 0) is 9.59 Å². The monoisotopic (exact) mass is 255 g/mol. The summed E-state index contributed by atoms with van der Waals surface area (Å²) < 4.78 is 0. The number of amides is 2. The van der Waals surface area contributed by atoms with Crippen LogP contribution in [0.4, 0.5) is 0 Å². The number of nitrogens with one attached hydrogen (secondary N) is 1. The van der Waals surface area contributed by atoms with Crippen molar-refractivity contribution in [2.24, 2.45) is 0 Å². The van der Waals surface area contributed by atoms with Crippen LogP contribution < -0.4 is 5.32 Å². The quantitative estimate of drug-likeness (QED) is 0.750. The van der Waals surface area contributed by atoms with Gasteiger partial charge in [-0.3, -0.25) is 9.59 Å². The summed E-state index contributed by atoms with van der Waals surface area (Å²) in [5.74, 6) is 0.0934. The molecule has 0 aromatic rings. The molecule has 18 heavy (non-hydrogen) atoms. The van der Waals surface area contributed by atoms with Gasteiger partial charge in [0.1, 0.15) is 0 Å². The molecule has 0 spiro atoms. The van der Waals surface area contributed by atoms with Crippen LogP contribution in [0.3, 0.4) is 0 Å². The van der Waals surface area contributed by atoms with E-state index in [2.05, 4.69) is 5.32 Å². The third-order valence-corrected chi connectivity index (χ3v) is 3.15. The Bertz CT molecular complexity index is 286. The predicted octanol–water partition coefficient (Wildman–Crippen LogP) is 0.455. The van der Waals surface area contributed by atoms with Crippen LogP contribution in [0, 0.1) is 0 Å². The second-order valence-corrected chi connectivity index (χ2v) is 5.20. The first-order valence-corrected chi connectivity index (χ1v) is 6.76. The predicted molar refractivity (Wildman–Crippen MR) is 71.2 cm³/mol. The highest BCUT2D eigenvalue weighted by Crippen LogP contribution is 2.07. The van der Waals surface area contributed by atoms with Crippen molar-refractivity contribution in [3.8, 4) is 0 Å². The number of rotatable bonds is 6. The number of carbonyl (C=O) groups excluding carboxylic acids is 2. The molecule has 1 aliphatic heterocycles. The van der Waals surface area contributed by atoms with E-state index in [9.17, 15) is 9.59 Å². The molecule has 1 fully saturated rings. The maximum atomic E-state index is 11.9. The first kappa shape index (κ1) is 15.0. The number of carbonyl (C=O) groups is 2. The Balaban J connectivity index is 2.23. The second kappa shape index (κ2) is 7.36. The van der Waals surface area contributed by atoms with Crippen molar-refractivity contribution in [3.05, 3.63) is 0 Å². The van der Waals surface area contributed by atoms with Crippen LogP contribution >= 0.6 is 0 Å². The second-order valence-electron chi connectivity index (χ2n) is 5.20. The van der Waals surface area contributed by atoms with Crippen LogP contribution in [0.5, 0.6) is 0 Å². The molecular weight excluding hydrogens is 230 g/mol. The lowest BCUT2D eigenvalue weighted by molar-refractivity contribution is -0.138. The molecule has 0 aromatic carbocycles. The van der Waals surface area contributed by atoms with Crippen LogP contribution in [0.25, 0.3) is 0 Å². The lowest BCUT2D eigenvalue weighted by atomic mass is 10.3. The van der Waals surface area contributed by atoms with Gasteiger partial charge in [-0.15, -0.1) is 0 Å². The standard InChI is InChI=1S/C13H25N3O2/c1-11(2)14-7-6-12(17)15(3)10-13(18)16-8-4-5-9-16/h11,14H,4-10H2,1-3H3. The molecule has 1 aliphatic rings. The highest BCUT2D eigenvalue weighted by Gasteiger charge is 2.20. The first-order valence-electron chi connectivity index (χ1n) is 6.76. The lowest BCUT2D eigenvalue weighted by Crippen LogP contribution is -2.40. The summed E-state index contributed by atoms with van der Waals surface area (Å²) in [5.41, 5.74) is 0. The van der Waals surface area contributed by atoms with E-state index in [1.807, 2.05) is 18.7 Å². The summed E-state index contributed by atoms with van der Waals surface area (Å²) in [4.78, 5) is 27.0. The largest absolute Gasteiger partial charge is 0.341 e. The van der Waals surface area contributed by atoms with Gasteiger partial charge in [-0.05, 0) is 12.8 Å². The summed E-state index contributed by atoms with van der Waals surface area (Å²) in [6.45, 7) is 6.65. The molecule has 0 bridgehead atoms. The van der Waals surface area contributed by atoms with Gasteiger partial charge in [-0.1, -0.05) is 13.8 Å². The Labute approximate surface area is 110 Å². The molecule has 5 heteroatoms. The third kappa shape index (κ3) is 5.04. The molecule has 5 nitrogen and oxygen atoms in total. The smallest absolute Gasteiger partial charge is 0.242 e. The Morgan fingerprint density at radius 3 is 2.44 bits per heavy atom. The Kier molecular flexibility index (Phi) is 6.12. The van der Waals surface area contributed by atoms with E-state index in [1.54, 1.807) is 7.05 Å². The SMILES string of the molecule is CC(C)NCCC(=O)N(C)CC(=O)N1CCCC1. The normalized spacial score (nSPS) is 15.2. The fourth-order valence-corrected chi connectivity index (χ4v) is 2.02. The molecule has 0 saturated carbocycles. The van der Waals surface area contributed by atoms with Gasteiger partial charge in [0.25, 0.3) is 0 Å². The van der Waals surface area contributed by atoms with Crippen LogP contribution in [0.2, 0.25) is 0 Å². The zero-order chi connectivity index (χ0) is 13.5. The van der Waals surface area contributed by atoms with Gasteiger partial charge in [0.05, 0.1) is 6.54 Å². The van der Waals surface area contributed by atoms with Crippen LogP contribution in [0.15, 0.2) is 0 Å². The van der Waals surface area contributed by atoms with Gasteiger partial charge < -0.3 is 15.1 Å². The lowest BCUT2D eigenvalue weighted by Gasteiger charge is -2.21. The molecule has 0 aromatic heterocycles. The van der Waals surface area contributed by atoms with Crippen LogP contribution in [0.1, 0.15) is 33.1 Å². The summed E-state index contributed by atoms with van der Waals surface area (Å²) in [6, 6.07) is 0.384. The van der Waals surface area contributed by atoms with Gasteiger partial charge in [-0.2, -0.15) is 0 Å². The van der Waals surface area contributed by atoms with Gasteiger partial charge in [-0.25, -0.2) is 0 Å². The van der Waals surface area contributed by atoms with Crippen molar-refractivity contribution in [1.29, 1.82) is 0 Å². The summed E-state index contributed by atoms with van der Waals surface area (Å²) in [5, 5.41) is 3.20. The van der Waals surface area contributed by atoms with Gasteiger partial charge in [0.15, 0.2) is 0 Å². The summed E-state index contributed by atoms with van der Waals surface area (Å²) in [7, 11) is 1.70. The molecule has 0 unspecified atom stereocenters. The van der Waals surface area contributed by atoms with E-state index in [0.717, 1.165) is 25.9 Å². The van der Waals surface area contributed by atoms with E-state index in [0.29, 0.717) is 19.0 Å². The van der Waals surface area contributed by atoms with Gasteiger partial charge in [0.2, 0.25) is 11.8 Å². The molecule has 2 amide bonds. The molecule has 1 heterocycles. The van der Waals surface area contributed by atoms with E-state index in [4.69, 9.17) is 0 Å². The molecule has 0 atom stereocenters. The highest BCUT2D eigenvalue weighted by molar-refractivity contribution is 5.84. The first-order chi connectivity index (χ1) is 8.50. The topological polar surface area (TPSA) is 52.7 Å². The minimum absolute atomic E-state index is 0.0238. The highest BCUT2D eigenvalue weighted by atomic mass is 16.2. The summed E-state index contributed by atoms with van der Waals surface area (Å²) >= 11 is 0. The molecule has 1 saturated heterocycles. The van der Waals surface area contributed by atoms with E-state index < -0.39 is 0 Å². The average Bonchev–Trinajstić information content (AvgIpc) is 2.81. The molecule has 1 N–H and O–H groups in total. The van der Waals surface area contributed by atoms with Crippen LogP contribution in [-0.4, -0.2) is 60.9 Å². The van der Waals surface area contributed by atoms with Gasteiger partial charge >= 0.3 is 0 Å². The van der Waals surface area contributed by atoms with E-state index in [1.165, 1.54) is 4.90 Å². The molecular formula is C13H25N3O2. The maximum absolute atomic E-state index is 11.9. The van der Waals surface area contributed by atoms with Crippen molar-refractivity contribution >= 4 is 11.8 Å².